The molecule has 2 aromatic carbocycles. The zero-order valence-electron chi connectivity index (χ0n) is 16.2. The highest BCUT2D eigenvalue weighted by molar-refractivity contribution is 7.22. The average molecular weight is 422 g/mol. The molecule has 0 aliphatic carbocycles. The zero-order valence-corrected chi connectivity index (χ0v) is 17.8. The second-order valence-corrected chi connectivity index (χ2v) is 8.40. The van der Waals surface area contributed by atoms with Crippen molar-refractivity contribution in [2.24, 2.45) is 0 Å². The molecule has 1 amide bonds. The van der Waals surface area contributed by atoms with Gasteiger partial charge in [0, 0.05) is 6.20 Å². The Morgan fingerprint density at radius 1 is 1.07 bits per heavy atom. The minimum atomic E-state index is -0.0194. The molecule has 0 atom stereocenters. The van der Waals surface area contributed by atoms with Crippen molar-refractivity contribution in [2.45, 2.75) is 26.8 Å². The molecule has 4 nitrogen and oxygen atoms in total. The van der Waals surface area contributed by atoms with Crippen molar-refractivity contribution in [1.29, 1.82) is 0 Å². The minimum absolute atomic E-state index is 0.0194. The smallest absolute Gasteiger partial charge is 0.233 e. The number of hydrogen-bond acceptors (Lipinski definition) is 4. The van der Waals surface area contributed by atoms with Crippen LogP contribution in [0.3, 0.4) is 0 Å². The molecule has 2 aromatic heterocycles. The van der Waals surface area contributed by atoms with E-state index in [1.807, 2.05) is 42.5 Å². The Morgan fingerprint density at radius 2 is 1.93 bits per heavy atom. The highest BCUT2D eigenvalue weighted by Gasteiger charge is 2.21. The lowest BCUT2D eigenvalue weighted by Crippen LogP contribution is -2.32. The summed E-state index contributed by atoms with van der Waals surface area (Å²) >= 11 is 7.77. The monoisotopic (exact) mass is 421 g/mol. The number of carbonyl (C=O) groups is 1. The number of benzene rings is 2. The van der Waals surface area contributed by atoms with E-state index in [0.29, 0.717) is 23.1 Å². The van der Waals surface area contributed by atoms with Gasteiger partial charge in [-0.05, 0) is 54.8 Å². The van der Waals surface area contributed by atoms with Gasteiger partial charge in [0.1, 0.15) is 5.52 Å². The van der Waals surface area contributed by atoms with E-state index in [1.165, 1.54) is 22.5 Å². The van der Waals surface area contributed by atoms with E-state index in [4.69, 9.17) is 11.6 Å². The van der Waals surface area contributed by atoms with Crippen molar-refractivity contribution in [1.82, 2.24) is 9.97 Å². The number of amides is 1. The van der Waals surface area contributed by atoms with Crippen LogP contribution in [0.15, 0.2) is 60.8 Å². The zero-order chi connectivity index (χ0) is 20.4. The van der Waals surface area contributed by atoms with E-state index < -0.39 is 0 Å². The fourth-order valence-electron chi connectivity index (χ4n) is 3.12. The molecular weight excluding hydrogens is 402 g/mol. The van der Waals surface area contributed by atoms with Crippen molar-refractivity contribution in [3.63, 3.8) is 0 Å². The average Bonchev–Trinajstić information content (AvgIpc) is 3.15. The van der Waals surface area contributed by atoms with Gasteiger partial charge in [0.05, 0.1) is 28.4 Å². The summed E-state index contributed by atoms with van der Waals surface area (Å²) in [7, 11) is 0. The van der Waals surface area contributed by atoms with Gasteiger partial charge in [-0.3, -0.25) is 14.7 Å². The highest BCUT2D eigenvalue weighted by Crippen LogP contribution is 2.33. The fraction of sp³-hybridized carbons (Fsp3) is 0.174. The Morgan fingerprint density at radius 3 is 2.66 bits per heavy atom. The highest BCUT2D eigenvalue weighted by atomic mass is 35.5. The summed E-state index contributed by atoms with van der Waals surface area (Å²) in [5, 5.41) is 1.22. The molecule has 0 saturated carbocycles. The van der Waals surface area contributed by atoms with Crippen LogP contribution in [0.5, 0.6) is 0 Å². The topological polar surface area (TPSA) is 46.1 Å². The Kier molecular flexibility index (Phi) is 5.60. The third-order valence-electron chi connectivity index (χ3n) is 4.86. The van der Waals surface area contributed by atoms with Gasteiger partial charge in [0.25, 0.3) is 0 Å². The van der Waals surface area contributed by atoms with Crippen LogP contribution in [0.1, 0.15) is 22.4 Å². The summed E-state index contributed by atoms with van der Waals surface area (Å²) in [5.41, 5.74) is 4.92. The van der Waals surface area contributed by atoms with Gasteiger partial charge in [0.2, 0.25) is 5.91 Å². The Bertz CT molecular complexity index is 1170. The maximum Gasteiger partial charge on any atom is 0.233 e. The third kappa shape index (κ3) is 4.31. The van der Waals surface area contributed by atoms with Crippen LogP contribution in [0.25, 0.3) is 10.2 Å². The first-order valence-electron chi connectivity index (χ1n) is 9.33. The second-order valence-electron chi connectivity index (χ2n) is 6.98. The molecule has 6 heteroatoms. The summed E-state index contributed by atoms with van der Waals surface area (Å²) in [6.45, 7) is 4.49. The van der Waals surface area contributed by atoms with E-state index in [-0.39, 0.29) is 5.91 Å². The number of carbonyl (C=O) groups excluding carboxylic acids is 1. The molecule has 0 radical (unpaired) electrons. The van der Waals surface area contributed by atoms with Gasteiger partial charge in [-0.2, -0.15) is 0 Å². The number of aryl methyl sites for hydroxylation is 2. The molecule has 29 heavy (non-hydrogen) atoms. The summed E-state index contributed by atoms with van der Waals surface area (Å²) in [4.78, 5) is 24.1. The van der Waals surface area contributed by atoms with Crippen molar-refractivity contribution in [2.75, 3.05) is 4.90 Å². The van der Waals surface area contributed by atoms with Gasteiger partial charge in [-0.1, -0.05) is 53.3 Å². The fourth-order valence-corrected chi connectivity index (χ4v) is 4.40. The van der Waals surface area contributed by atoms with Crippen LogP contribution in [-0.4, -0.2) is 15.9 Å². The molecule has 0 fully saturated rings. The Balaban J connectivity index is 1.69. The van der Waals surface area contributed by atoms with E-state index in [2.05, 4.69) is 35.9 Å². The van der Waals surface area contributed by atoms with Gasteiger partial charge < -0.3 is 0 Å². The van der Waals surface area contributed by atoms with Crippen LogP contribution in [0, 0.1) is 13.8 Å². The van der Waals surface area contributed by atoms with Gasteiger partial charge in [0.15, 0.2) is 5.13 Å². The number of anilines is 1. The van der Waals surface area contributed by atoms with Crippen LogP contribution in [0.4, 0.5) is 5.13 Å². The van der Waals surface area contributed by atoms with E-state index >= 15 is 0 Å². The van der Waals surface area contributed by atoms with Gasteiger partial charge in [-0.25, -0.2) is 4.98 Å². The summed E-state index contributed by atoms with van der Waals surface area (Å²) in [6.07, 6.45) is 2.04. The number of rotatable bonds is 5. The lowest BCUT2D eigenvalue weighted by molar-refractivity contribution is -0.118. The first kappa shape index (κ1) is 19.6. The SMILES string of the molecule is Cc1ccc(CC(=O)N(Cc2ccccn2)c2nc3c(Cl)cccc3s2)cc1C. The van der Waals surface area contributed by atoms with Crippen molar-refractivity contribution in [3.8, 4) is 0 Å². The van der Waals surface area contributed by atoms with Crippen molar-refractivity contribution >= 4 is 44.2 Å². The molecule has 0 bridgehead atoms. The summed E-state index contributed by atoms with van der Waals surface area (Å²) in [6, 6.07) is 17.5. The van der Waals surface area contributed by atoms with E-state index in [9.17, 15) is 4.79 Å². The molecule has 0 aliphatic rings. The van der Waals surface area contributed by atoms with Crippen LogP contribution < -0.4 is 4.90 Å². The van der Waals surface area contributed by atoms with Crippen LogP contribution in [-0.2, 0) is 17.8 Å². The molecule has 0 saturated heterocycles. The molecule has 0 spiro atoms. The number of para-hydroxylation sites is 1. The number of hydrogen-bond donors (Lipinski definition) is 0. The number of pyridine rings is 1. The number of halogens is 1. The lowest BCUT2D eigenvalue weighted by atomic mass is 10.0. The Hall–Kier alpha value is -2.76. The summed E-state index contributed by atoms with van der Waals surface area (Å²) in [5.74, 6) is -0.0194. The lowest BCUT2D eigenvalue weighted by Gasteiger charge is -2.20. The van der Waals surface area contributed by atoms with Crippen LogP contribution in [0.2, 0.25) is 5.02 Å². The maximum absolute atomic E-state index is 13.3. The van der Waals surface area contributed by atoms with Gasteiger partial charge >= 0.3 is 0 Å². The number of fused-ring (bicyclic) bond motifs is 1. The molecule has 0 unspecified atom stereocenters. The minimum Gasteiger partial charge on any atom is -0.282 e. The number of thiazole rings is 1. The van der Waals surface area contributed by atoms with Crippen LogP contribution >= 0.6 is 22.9 Å². The van der Waals surface area contributed by atoms with E-state index in [1.54, 1.807) is 11.1 Å². The maximum atomic E-state index is 13.3. The molecule has 146 valence electrons. The first-order chi connectivity index (χ1) is 14.0. The molecular formula is C23H20ClN3OS. The van der Waals surface area contributed by atoms with Crippen molar-refractivity contribution in [3.05, 3.63) is 88.2 Å². The molecule has 0 aliphatic heterocycles. The normalized spacial score (nSPS) is 11.0. The van der Waals surface area contributed by atoms with Gasteiger partial charge in [-0.15, -0.1) is 0 Å². The number of nitrogens with zero attached hydrogens (tertiary/aromatic N) is 3. The predicted octanol–water partition coefficient (Wildman–Crippen LogP) is 5.74. The number of aromatic nitrogens is 2. The second kappa shape index (κ2) is 8.31. The molecule has 4 aromatic rings. The standard InChI is InChI=1S/C23H20ClN3OS/c1-15-9-10-17(12-16(15)2)13-21(28)27(14-18-6-3-4-11-25-18)23-26-22-19(24)7-5-8-20(22)29-23/h3-12H,13-14H2,1-2H3. The summed E-state index contributed by atoms with van der Waals surface area (Å²) < 4.78 is 0.956. The predicted molar refractivity (Wildman–Crippen MR) is 120 cm³/mol. The quantitative estimate of drug-likeness (QED) is 0.413. The first-order valence-corrected chi connectivity index (χ1v) is 10.5. The molecule has 2 heterocycles. The molecule has 4 rings (SSSR count). The third-order valence-corrected chi connectivity index (χ3v) is 6.21. The molecule has 0 N–H and O–H groups in total. The van der Waals surface area contributed by atoms with E-state index in [0.717, 1.165) is 21.5 Å². The largest absolute Gasteiger partial charge is 0.282 e. The Labute approximate surface area is 178 Å². The van der Waals surface area contributed by atoms with Crippen molar-refractivity contribution < 1.29 is 4.79 Å².